The Hall–Kier alpha value is -0.830. The van der Waals surface area contributed by atoms with Gasteiger partial charge in [-0.1, -0.05) is 46.3 Å². The van der Waals surface area contributed by atoms with Crippen LogP contribution in [0.1, 0.15) is 113 Å². The maximum atomic E-state index is 11.5. The summed E-state index contributed by atoms with van der Waals surface area (Å²) in [7, 11) is 0. The normalized spacial score (nSPS) is 48.4. The van der Waals surface area contributed by atoms with Crippen LogP contribution in [0.25, 0.3) is 0 Å². The molecule has 0 amide bonds. The van der Waals surface area contributed by atoms with Gasteiger partial charge in [-0.3, -0.25) is 4.79 Å². The van der Waals surface area contributed by atoms with E-state index in [9.17, 15) is 4.79 Å². The molecule has 10 atom stereocenters. The number of esters is 1. The Kier molecular flexibility index (Phi) is 6.31. The number of allylic oxidation sites excluding steroid dienone is 2. The van der Waals surface area contributed by atoms with Crippen LogP contribution in [0, 0.1) is 46.3 Å². The van der Waals surface area contributed by atoms with Crippen molar-refractivity contribution in [1.82, 2.24) is 0 Å². The van der Waals surface area contributed by atoms with Gasteiger partial charge in [0.1, 0.15) is 6.10 Å². The standard InChI is InChI=1S/C31H50O3/c1-19(2)31(21(4)34-31)17-12-20(3)26-10-11-27-25-9-8-23-18-24(33-22(5)32)13-15-29(23,6)28(25)14-16-30(26,27)7/h9,19-21,23-24,26-28H,8,10-18H2,1-7H3/t20-,21+,23+,24+,26-,27+,28+,29+,30-,31+/m1/s1. The van der Waals surface area contributed by atoms with Gasteiger partial charge in [-0.05, 0) is 117 Å². The number of fused-ring (bicyclic) bond motifs is 5. The molecule has 5 rings (SSSR count). The van der Waals surface area contributed by atoms with E-state index in [4.69, 9.17) is 9.47 Å². The second-order valence-corrected chi connectivity index (χ2v) is 13.9. The minimum absolute atomic E-state index is 0.109. The zero-order valence-electron chi connectivity index (χ0n) is 23.0. The number of ether oxygens (including phenoxy) is 2. The molecule has 5 aliphatic rings. The Balaban J connectivity index is 1.28. The molecule has 34 heavy (non-hydrogen) atoms. The van der Waals surface area contributed by atoms with E-state index in [-0.39, 0.29) is 17.7 Å². The Labute approximate surface area is 208 Å². The molecule has 0 bridgehead atoms. The van der Waals surface area contributed by atoms with Crippen LogP contribution in [0.5, 0.6) is 0 Å². The van der Waals surface area contributed by atoms with Crippen LogP contribution in [0.2, 0.25) is 0 Å². The van der Waals surface area contributed by atoms with Crippen LogP contribution < -0.4 is 0 Å². The number of carbonyl (C=O) groups excluding carboxylic acids is 1. The molecule has 4 fully saturated rings. The van der Waals surface area contributed by atoms with Crippen molar-refractivity contribution in [3.8, 4) is 0 Å². The summed E-state index contributed by atoms with van der Waals surface area (Å²) in [6.07, 6.45) is 15.9. The maximum Gasteiger partial charge on any atom is 0.302 e. The second-order valence-electron chi connectivity index (χ2n) is 13.9. The predicted molar refractivity (Wildman–Crippen MR) is 137 cm³/mol. The molecule has 3 saturated carbocycles. The number of epoxide rings is 1. The predicted octanol–water partition coefficient (Wildman–Crippen LogP) is 7.73. The lowest BCUT2D eigenvalue weighted by Gasteiger charge is -2.58. The minimum Gasteiger partial charge on any atom is -0.463 e. The fraction of sp³-hybridized carbons (Fsp3) is 0.903. The summed E-state index contributed by atoms with van der Waals surface area (Å²) in [6, 6.07) is 0. The van der Waals surface area contributed by atoms with Gasteiger partial charge in [0.2, 0.25) is 0 Å². The Morgan fingerprint density at radius 3 is 2.41 bits per heavy atom. The third-order valence-corrected chi connectivity index (χ3v) is 12.1. The van der Waals surface area contributed by atoms with E-state index in [1.165, 1.54) is 51.4 Å². The highest BCUT2D eigenvalue weighted by atomic mass is 16.6. The van der Waals surface area contributed by atoms with Crippen molar-refractivity contribution in [2.45, 2.75) is 130 Å². The molecule has 1 saturated heterocycles. The topological polar surface area (TPSA) is 38.8 Å². The third-order valence-electron chi connectivity index (χ3n) is 12.1. The fourth-order valence-corrected chi connectivity index (χ4v) is 9.90. The molecule has 0 N–H and O–H groups in total. The van der Waals surface area contributed by atoms with Crippen molar-refractivity contribution in [1.29, 1.82) is 0 Å². The van der Waals surface area contributed by atoms with Crippen LogP contribution in [0.15, 0.2) is 11.6 Å². The number of rotatable bonds is 6. The Morgan fingerprint density at radius 1 is 1.09 bits per heavy atom. The highest BCUT2D eigenvalue weighted by molar-refractivity contribution is 5.66. The van der Waals surface area contributed by atoms with Gasteiger partial charge in [-0.2, -0.15) is 0 Å². The number of carbonyl (C=O) groups is 1. The van der Waals surface area contributed by atoms with Crippen molar-refractivity contribution in [2.75, 3.05) is 0 Å². The largest absolute Gasteiger partial charge is 0.463 e. The maximum absolute atomic E-state index is 11.5. The number of hydrogen-bond donors (Lipinski definition) is 0. The lowest BCUT2D eigenvalue weighted by Crippen LogP contribution is -2.50. The van der Waals surface area contributed by atoms with Gasteiger partial charge in [-0.25, -0.2) is 0 Å². The van der Waals surface area contributed by atoms with E-state index in [1.807, 2.05) is 5.57 Å². The van der Waals surface area contributed by atoms with Crippen LogP contribution in [0.3, 0.4) is 0 Å². The molecule has 1 aliphatic heterocycles. The molecule has 0 aromatic carbocycles. The molecule has 4 aliphatic carbocycles. The zero-order valence-corrected chi connectivity index (χ0v) is 23.0. The molecule has 3 nitrogen and oxygen atoms in total. The molecule has 0 aromatic heterocycles. The van der Waals surface area contributed by atoms with Gasteiger partial charge in [-0.15, -0.1) is 0 Å². The highest BCUT2D eigenvalue weighted by Gasteiger charge is 2.59. The van der Waals surface area contributed by atoms with Crippen LogP contribution in [-0.2, 0) is 14.3 Å². The molecule has 0 aromatic rings. The molecule has 3 heteroatoms. The summed E-state index contributed by atoms with van der Waals surface area (Å²) in [4.78, 5) is 11.5. The second kappa shape index (κ2) is 8.63. The van der Waals surface area contributed by atoms with E-state index in [0.717, 1.165) is 36.5 Å². The van der Waals surface area contributed by atoms with E-state index in [2.05, 4.69) is 47.6 Å². The van der Waals surface area contributed by atoms with E-state index < -0.39 is 0 Å². The number of hydrogen-bond acceptors (Lipinski definition) is 3. The minimum atomic E-state index is -0.109. The highest BCUT2D eigenvalue weighted by Crippen LogP contribution is 2.67. The summed E-state index contributed by atoms with van der Waals surface area (Å²) in [5.74, 6) is 4.36. The van der Waals surface area contributed by atoms with Crippen LogP contribution in [-0.4, -0.2) is 23.8 Å². The van der Waals surface area contributed by atoms with Gasteiger partial charge in [0, 0.05) is 6.92 Å². The third kappa shape index (κ3) is 3.82. The quantitative estimate of drug-likeness (QED) is 0.226. The monoisotopic (exact) mass is 470 g/mol. The molecular formula is C31H50O3. The van der Waals surface area contributed by atoms with Gasteiger partial charge in [0.15, 0.2) is 0 Å². The first-order valence-electron chi connectivity index (χ1n) is 14.6. The van der Waals surface area contributed by atoms with E-state index in [1.54, 1.807) is 6.92 Å². The lowest BCUT2D eigenvalue weighted by molar-refractivity contribution is -0.152. The molecule has 0 unspecified atom stereocenters. The van der Waals surface area contributed by atoms with E-state index in [0.29, 0.717) is 28.8 Å². The molecule has 1 heterocycles. The average Bonchev–Trinajstić information content (AvgIpc) is 3.30. The molecular weight excluding hydrogens is 420 g/mol. The summed E-state index contributed by atoms with van der Waals surface area (Å²) < 4.78 is 11.8. The summed E-state index contributed by atoms with van der Waals surface area (Å²) in [5.41, 5.74) is 2.87. The van der Waals surface area contributed by atoms with Gasteiger partial charge in [0.25, 0.3) is 0 Å². The van der Waals surface area contributed by atoms with E-state index >= 15 is 0 Å². The first kappa shape index (κ1) is 24.8. The Morgan fingerprint density at radius 2 is 1.76 bits per heavy atom. The van der Waals surface area contributed by atoms with Crippen LogP contribution in [0.4, 0.5) is 0 Å². The summed E-state index contributed by atoms with van der Waals surface area (Å²) >= 11 is 0. The summed E-state index contributed by atoms with van der Waals surface area (Å²) in [5, 5.41) is 0. The van der Waals surface area contributed by atoms with Crippen molar-refractivity contribution in [2.24, 2.45) is 46.3 Å². The van der Waals surface area contributed by atoms with Crippen molar-refractivity contribution < 1.29 is 14.3 Å². The SMILES string of the molecule is CC(=O)O[C@H]1CC[C@@]2(C)[C@@H](CC=C3[C@@H]2CC[C@]2(C)[C@@H]([C@H](C)CC[C@@]4(C(C)C)O[C@H]4C)CC[C@@H]32)C1. The molecule has 0 radical (unpaired) electrons. The lowest BCUT2D eigenvalue weighted by atomic mass is 9.47. The smallest absolute Gasteiger partial charge is 0.302 e. The van der Waals surface area contributed by atoms with Crippen LogP contribution >= 0.6 is 0 Å². The molecule has 192 valence electrons. The van der Waals surface area contributed by atoms with Gasteiger partial charge < -0.3 is 9.47 Å². The average molecular weight is 471 g/mol. The molecule has 0 spiro atoms. The van der Waals surface area contributed by atoms with Crippen molar-refractivity contribution >= 4 is 5.97 Å². The van der Waals surface area contributed by atoms with Crippen molar-refractivity contribution in [3.63, 3.8) is 0 Å². The first-order chi connectivity index (χ1) is 16.0. The zero-order chi connectivity index (χ0) is 24.5. The Bertz CT molecular complexity index is 831. The first-order valence-corrected chi connectivity index (χ1v) is 14.6. The van der Waals surface area contributed by atoms with Gasteiger partial charge >= 0.3 is 5.97 Å². The van der Waals surface area contributed by atoms with Gasteiger partial charge in [0.05, 0.1) is 11.7 Å². The fourth-order valence-electron chi connectivity index (χ4n) is 9.90. The van der Waals surface area contributed by atoms with Crippen molar-refractivity contribution in [3.05, 3.63) is 11.6 Å². The summed E-state index contributed by atoms with van der Waals surface area (Å²) in [6.45, 7) is 16.3.